The molecular weight excluding hydrogens is 465 g/mol. The Hall–Kier alpha value is -3.39. The monoisotopic (exact) mass is 493 g/mol. The van der Waals surface area contributed by atoms with Gasteiger partial charge in [-0.25, -0.2) is 12.8 Å². The second-order valence-electron chi connectivity index (χ2n) is 9.54. The van der Waals surface area contributed by atoms with E-state index in [4.69, 9.17) is 4.74 Å². The number of anilines is 1. The molecule has 2 aliphatic carbocycles. The van der Waals surface area contributed by atoms with Crippen LogP contribution < -0.4 is 9.46 Å². The number of methoxy groups -OCH3 is 1. The molecule has 0 radical (unpaired) electrons. The topological polar surface area (TPSA) is 73.2 Å². The largest absolute Gasteiger partial charge is 0.497 e. The molecule has 1 saturated carbocycles. The summed E-state index contributed by atoms with van der Waals surface area (Å²) < 4.78 is 50.2. The number of rotatable bonds is 7. The highest BCUT2D eigenvalue weighted by Crippen LogP contribution is 2.42. The van der Waals surface area contributed by atoms with Gasteiger partial charge in [0.05, 0.1) is 18.6 Å². The summed E-state index contributed by atoms with van der Waals surface area (Å²) in [5.74, 6) is -0.0109. The van der Waals surface area contributed by atoms with Crippen LogP contribution in [-0.2, 0) is 22.5 Å². The minimum absolute atomic E-state index is 0.363. The molecule has 1 unspecified atom stereocenters. The minimum atomic E-state index is -3.48. The summed E-state index contributed by atoms with van der Waals surface area (Å²) in [6.07, 6.45) is 12.0. The van der Waals surface area contributed by atoms with Crippen molar-refractivity contribution in [2.45, 2.75) is 36.9 Å². The zero-order chi connectivity index (χ0) is 24.8. The van der Waals surface area contributed by atoms with E-state index in [1.807, 2.05) is 37.7 Å². The summed E-state index contributed by atoms with van der Waals surface area (Å²) in [5.41, 5.74) is 4.04. The van der Waals surface area contributed by atoms with Gasteiger partial charge < -0.3 is 4.74 Å². The summed E-state index contributed by atoms with van der Waals surface area (Å²) >= 11 is 0. The zero-order valence-electron chi connectivity index (χ0n) is 20.0. The van der Waals surface area contributed by atoms with Gasteiger partial charge in [0.2, 0.25) is 10.0 Å². The Balaban J connectivity index is 1.58. The van der Waals surface area contributed by atoms with E-state index >= 15 is 4.39 Å². The van der Waals surface area contributed by atoms with Gasteiger partial charge in [-0.3, -0.25) is 9.40 Å². The lowest BCUT2D eigenvalue weighted by Crippen LogP contribution is -2.23. The van der Waals surface area contributed by atoms with Crippen LogP contribution in [0.4, 0.5) is 10.1 Å². The Morgan fingerprint density at radius 1 is 1.17 bits per heavy atom. The maximum Gasteiger partial charge on any atom is 0.235 e. The quantitative estimate of drug-likeness (QED) is 0.476. The molecule has 1 N–H and O–H groups in total. The molecule has 3 aromatic rings. The Kier molecular flexibility index (Phi) is 5.79. The molecule has 1 aromatic heterocycles. The highest BCUT2D eigenvalue weighted by molar-refractivity contribution is 7.93. The van der Waals surface area contributed by atoms with Gasteiger partial charge in [0.25, 0.3) is 0 Å². The molecule has 182 valence electrons. The smallest absolute Gasteiger partial charge is 0.235 e. The average molecular weight is 494 g/mol. The van der Waals surface area contributed by atoms with E-state index in [1.165, 1.54) is 13.2 Å². The van der Waals surface area contributed by atoms with Crippen molar-refractivity contribution in [3.63, 3.8) is 0 Å². The minimum Gasteiger partial charge on any atom is -0.497 e. The maximum atomic E-state index is 15.0. The number of hydrogen-bond acceptors (Lipinski definition) is 4. The lowest BCUT2D eigenvalue weighted by atomic mass is 9.73. The maximum absolute atomic E-state index is 15.0. The van der Waals surface area contributed by atoms with Crippen LogP contribution in [-0.4, -0.2) is 30.6 Å². The number of allylic oxidation sites excluding steroid dienone is 4. The van der Waals surface area contributed by atoms with Gasteiger partial charge >= 0.3 is 0 Å². The van der Waals surface area contributed by atoms with Crippen LogP contribution in [0.3, 0.4) is 0 Å². The van der Waals surface area contributed by atoms with Crippen molar-refractivity contribution in [1.82, 2.24) is 9.78 Å². The molecule has 2 aliphatic rings. The molecule has 1 atom stereocenters. The van der Waals surface area contributed by atoms with Crippen molar-refractivity contribution >= 4 is 21.3 Å². The fourth-order valence-corrected chi connectivity index (χ4v) is 5.90. The van der Waals surface area contributed by atoms with Crippen LogP contribution in [0.2, 0.25) is 0 Å². The molecule has 0 aliphatic heterocycles. The van der Waals surface area contributed by atoms with Crippen LogP contribution >= 0.6 is 0 Å². The summed E-state index contributed by atoms with van der Waals surface area (Å²) in [4.78, 5) is 0. The number of nitrogens with one attached hydrogen (secondary N) is 1. The fourth-order valence-electron chi connectivity index (χ4n) is 4.53. The van der Waals surface area contributed by atoms with Gasteiger partial charge in [-0.05, 0) is 60.2 Å². The van der Waals surface area contributed by atoms with Gasteiger partial charge in [0.15, 0.2) is 0 Å². The van der Waals surface area contributed by atoms with Crippen LogP contribution in [0.15, 0.2) is 67.0 Å². The second-order valence-corrected chi connectivity index (χ2v) is 11.5. The van der Waals surface area contributed by atoms with Crippen molar-refractivity contribution < 1.29 is 17.5 Å². The number of sulfonamides is 1. The molecule has 0 spiro atoms. The summed E-state index contributed by atoms with van der Waals surface area (Å²) in [5, 5.41) is 3.93. The predicted molar refractivity (Wildman–Crippen MR) is 136 cm³/mol. The third-order valence-corrected chi connectivity index (χ3v) is 8.57. The standard InChI is InChI=1S/C27H28FN3O3S/c1-27(10-4-5-18(15-27)20-16-29-31(2)17-20)21-11-19(25-9-6-23(34-3)14-26(25)28)12-22(13-21)30-35(32,33)24-7-8-24/h4-6,9-14,16-17,24,30H,7-8,15H2,1-3H3. The first kappa shape index (κ1) is 23.4. The highest BCUT2D eigenvalue weighted by Gasteiger charge is 2.36. The van der Waals surface area contributed by atoms with Crippen molar-refractivity contribution in [2.24, 2.45) is 7.05 Å². The molecule has 1 fully saturated rings. The Labute approximate surface area is 205 Å². The van der Waals surface area contributed by atoms with E-state index in [9.17, 15) is 8.42 Å². The van der Waals surface area contributed by atoms with Crippen molar-refractivity contribution in [1.29, 1.82) is 0 Å². The van der Waals surface area contributed by atoms with Crippen LogP contribution in [0.25, 0.3) is 16.7 Å². The van der Waals surface area contributed by atoms with Crippen molar-refractivity contribution in [3.05, 3.63) is 84.0 Å². The summed E-state index contributed by atoms with van der Waals surface area (Å²) in [6.45, 7) is 2.11. The van der Waals surface area contributed by atoms with Crippen molar-refractivity contribution in [2.75, 3.05) is 11.8 Å². The third kappa shape index (κ3) is 4.75. The number of aryl methyl sites for hydroxylation is 1. The van der Waals surface area contributed by atoms with E-state index in [1.54, 1.807) is 22.9 Å². The summed E-state index contributed by atoms with van der Waals surface area (Å²) in [7, 11) is -0.111. The van der Waals surface area contributed by atoms with Gasteiger partial charge in [-0.2, -0.15) is 5.10 Å². The molecule has 0 saturated heterocycles. The molecule has 0 amide bonds. The Bertz CT molecular complexity index is 1450. The summed E-state index contributed by atoms with van der Waals surface area (Å²) in [6, 6.07) is 10.2. The van der Waals surface area contributed by atoms with Crippen LogP contribution in [0.1, 0.15) is 37.3 Å². The number of ether oxygens (including phenoxy) is 1. The second kappa shape index (κ2) is 8.68. The molecule has 6 nitrogen and oxygen atoms in total. The lowest BCUT2D eigenvalue weighted by Gasteiger charge is -2.31. The first-order valence-corrected chi connectivity index (χ1v) is 13.1. The lowest BCUT2D eigenvalue weighted by molar-refractivity contribution is 0.411. The Morgan fingerprint density at radius 2 is 1.97 bits per heavy atom. The molecule has 8 heteroatoms. The molecule has 2 aromatic carbocycles. The molecule has 35 heavy (non-hydrogen) atoms. The Morgan fingerprint density at radius 3 is 2.63 bits per heavy atom. The number of nitrogens with zero attached hydrogens (tertiary/aromatic N) is 2. The van der Waals surface area contributed by atoms with E-state index < -0.39 is 21.3 Å². The van der Waals surface area contributed by atoms with E-state index in [0.29, 0.717) is 41.8 Å². The molecule has 0 bridgehead atoms. The van der Waals surface area contributed by atoms with E-state index in [0.717, 1.165) is 16.7 Å². The van der Waals surface area contributed by atoms with Crippen LogP contribution in [0.5, 0.6) is 5.75 Å². The number of benzene rings is 2. The number of halogens is 1. The van der Waals surface area contributed by atoms with E-state index in [2.05, 4.69) is 28.9 Å². The molecule has 1 heterocycles. The average Bonchev–Trinajstić information content (AvgIpc) is 3.60. The van der Waals surface area contributed by atoms with Gasteiger partial charge in [0, 0.05) is 41.5 Å². The number of hydrogen-bond donors (Lipinski definition) is 1. The van der Waals surface area contributed by atoms with Crippen molar-refractivity contribution in [3.8, 4) is 16.9 Å². The fraction of sp³-hybridized carbons (Fsp3) is 0.296. The van der Waals surface area contributed by atoms with E-state index in [-0.39, 0.29) is 5.25 Å². The first-order valence-electron chi connectivity index (χ1n) is 11.6. The predicted octanol–water partition coefficient (Wildman–Crippen LogP) is 5.44. The molecule has 5 rings (SSSR count). The van der Waals surface area contributed by atoms with Crippen LogP contribution in [0, 0.1) is 5.82 Å². The number of aromatic nitrogens is 2. The van der Waals surface area contributed by atoms with Gasteiger partial charge in [-0.1, -0.05) is 31.2 Å². The van der Waals surface area contributed by atoms with Gasteiger partial charge in [-0.15, -0.1) is 0 Å². The first-order chi connectivity index (χ1) is 16.7. The SMILES string of the molecule is COc1ccc(-c2cc(NS(=O)(=O)C3CC3)cc(C3(C)C=CC=C(c4cnn(C)c4)C3)c2)c(F)c1. The highest BCUT2D eigenvalue weighted by atomic mass is 32.2. The van der Waals surface area contributed by atoms with Gasteiger partial charge in [0.1, 0.15) is 11.6 Å². The normalized spacial score (nSPS) is 19.9. The third-order valence-electron chi connectivity index (χ3n) is 6.70. The molecular formula is C27H28FN3O3S. The zero-order valence-corrected chi connectivity index (χ0v) is 20.8.